The van der Waals surface area contributed by atoms with Crippen molar-refractivity contribution in [2.24, 2.45) is 11.8 Å². The van der Waals surface area contributed by atoms with Crippen LogP contribution in [0.3, 0.4) is 0 Å². The molecule has 0 heterocycles. The molecule has 2 rings (SSSR count). The third-order valence-electron chi connectivity index (χ3n) is 4.14. The molecule has 1 aliphatic rings. The van der Waals surface area contributed by atoms with Crippen molar-refractivity contribution in [1.29, 1.82) is 5.26 Å². The number of nitriles is 1. The number of nitrogens with zero attached hydrogens (tertiary/aromatic N) is 1. The Morgan fingerprint density at radius 2 is 2.12 bits per heavy atom. The fourth-order valence-corrected chi connectivity index (χ4v) is 2.93. The van der Waals surface area contributed by atoms with Gasteiger partial charge in [-0.1, -0.05) is 32.4 Å². The van der Waals surface area contributed by atoms with E-state index in [0.717, 1.165) is 17.2 Å². The molecule has 1 aromatic carbocycles. The lowest BCUT2D eigenvalue weighted by atomic mass is 9.93. The van der Waals surface area contributed by atoms with Gasteiger partial charge in [0.15, 0.2) is 0 Å². The van der Waals surface area contributed by atoms with Crippen molar-refractivity contribution in [1.82, 2.24) is 0 Å². The molecule has 3 atom stereocenters. The van der Waals surface area contributed by atoms with Crippen molar-refractivity contribution in [3.8, 4) is 6.07 Å². The second kappa shape index (κ2) is 5.23. The average Bonchev–Trinajstić information content (AvgIpc) is 2.71. The number of hydrogen-bond acceptors (Lipinski definition) is 2. The summed E-state index contributed by atoms with van der Waals surface area (Å²) in [6.45, 7) is 4.60. The summed E-state index contributed by atoms with van der Waals surface area (Å²) >= 11 is 0. The van der Waals surface area contributed by atoms with Gasteiger partial charge >= 0.3 is 0 Å². The Labute approximate surface area is 104 Å². The van der Waals surface area contributed by atoms with E-state index in [9.17, 15) is 0 Å². The Balaban J connectivity index is 2.09. The van der Waals surface area contributed by atoms with Crippen LogP contribution in [0.1, 0.15) is 38.7 Å². The number of rotatable bonds is 3. The first-order valence-corrected chi connectivity index (χ1v) is 6.52. The second-order valence-corrected chi connectivity index (χ2v) is 5.01. The average molecular weight is 228 g/mol. The van der Waals surface area contributed by atoms with Gasteiger partial charge in [0.2, 0.25) is 0 Å². The van der Waals surface area contributed by atoms with E-state index in [2.05, 4.69) is 25.2 Å². The Hall–Kier alpha value is -1.49. The monoisotopic (exact) mass is 228 g/mol. The molecule has 0 radical (unpaired) electrons. The zero-order valence-electron chi connectivity index (χ0n) is 10.6. The SMILES string of the molecule is CCC1CCC(Nc2ccccc2C#N)C1C. The van der Waals surface area contributed by atoms with Crippen LogP contribution in [0.25, 0.3) is 0 Å². The van der Waals surface area contributed by atoms with E-state index in [1.165, 1.54) is 19.3 Å². The predicted octanol–water partition coefficient (Wildman–Crippen LogP) is 3.79. The van der Waals surface area contributed by atoms with E-state index in [0.29, 0.717) is 12.0 Å². The van der Waals surface area contributed by atoms with Crippen LogP contribution >= 0.6 is 0 Å². The summed E-state index contributed by atoms with van der Waals surface area (Å²) in [6.07, 6.45) is 3.79. The van der Waals surface area contributed by atoms with Gasteiger partial charge in [-0.25, -0.2) is 0 Å². The number of hydrogen-bond donors (Lipinski definition) is 1. The van der Waals surface area contributed by atoms with Crippen LogP contribution < -0.4 is 5.32 Å². The van der Waals surface area contributed by atoms with Gasteiger partial charge in [-0.2, -0.15) is 5.26 Å². The summed E-state index contributed by atoms with van der Waals surface area (Å²) in [4.78, 5) is 0. The summed E-state index contributed by atoms with van der Waals surface area (Å²) < 4.78 is 0. The minimum absolute atomic E-state index is 0.523. The molecule has 0 aliphatic heterocycles. The van der Waals surface area contributed by atoms with E-state index in [-0.39, 0.29) is 0 Å². The molecule has 17 heavy (non-hydrogen) atoms. The molecule has 1 fully saturated rings. The van der Waals surface area contributed by atoms with Crippen LogP contribution in [0.2, 0.25) is 0 Å². The number of para-hydroxylation sites is 1. The smallest absolute Gasteiger partial charge is 0.101 e. The second-order valence-electron chi connectivity index (χ2n) is 5.01. The molecule has 1 N–H and O–H groups in total. The fourth-order valence-electron chi connectivity index (χ4n) is 2.93. The zero-order valence-corrected chi connectivity index (χ0v) is 10.6. The molecule has 0 saturated heterocycles. The highest BCUT2D eigenvalue weighted by atomic mass is 14.9. The molecule has 0 amide bonds. The maximum Gasteiger partial charge on any atom is 0.101 e. The molecule has 0 bridgehead atoms. The van der Waals surface area contributed by atoms with Gasteiger partial charge in [0.25, 0.3) is 0 Å². The van der Waals surface area contributed by atoms with E-state index in [1.54, 1.807) is 0 Å². The van der Waals surface area contributed by atoms with Crippen LogP contribution in [0, 0.1) is 23.2 Å². The molecule has 1 aliphatic carbocycles. The molecule has 1 saturated carbocycles. The van der Waals surface area contributed by atoms with Crippen molar-refractivity contribution in [2.75, 3.05) is 5.32 Å². The van der Waals surface area contributed by atoms with Crippen LogP contribution in [0.4, 0.5) is 5.69 Å². The fraction of sp³-hybridized carbons (Fsp3) is 0.533. The van der Waals surface area contributed by atoms with E-state index in [1.807, 2.05) is 24.3 Å². The lowest BCUT2D eigenvalue weighted by Gasteiger charge is -2.22. The molecule has 0 spiro atoms. The molecule has 0 aromatic heterocycles. The minimum atomic E-state index is 0.523. The number of anilines is 1. The van der Waals surface area contributed by atoms with Gasteiger partial charge in [0.05, 0.1) is 11.3 Å². The third-order valence-corrected chi connectivity index (χ3v) is 4.14. The first kappa shape index (κ1) is 12.0. The van der Waals surface area contributed by atoms with Crippen LogP contribution in [0.5, 0.6) is 0 Å². The summed E-state index contributed by atoms with van der Waals surface area (Å²) in [5.41, 5.74) is 1.74. The third kappa shape index (κ3) is 2.44. The topological polar surface area (TPSA) is 35.8 Å². The van der Waals surface area contributed by atoms with Crippen LogP contribution in [-0.4, -0.2) is 6.04 Å². The number of benzene rings is 1. The first-order chi connectivity index (χ1) is 8.26. The Morgan fingerprint density at radius 1 is 1.35 bits per heavy atom. The van der Waals surface area contributed by atoms with E-state index in [4.69, 9.17) is 5.26 Å². The quantitative estimate of drug-likeness (QED) is 0.854. The molecule has 3 unspecified atom stereocenters. The highest BCUT2D eigenvalue weighted by Gasteiger charge is 2.31. The Bertz CT molecular complexity index is 419. The first-order valence-electron chi connectivity index (χ1n) is 6.52. The van der Waals surface area contributed by atoms with Crippen molar-refractivity contribution in [3.63, 3.8) is 0 Å². The predicted molar refractivity (Wildman–Crippen MR) is 70.7 cm³/mol. The molecular weight excluding hydrogens is 208 g/mol. The van der Waals surface area contributed by atoms with Crippen molar-refractivity contribution in [3.05, 3.63) is 29.8 Å². The highest BCUT2D eigenvalue weighted by Crippen LogP contribution is 2.36. The summed E-state index contributed by atoms with van der Waals surface area (Å²) in [6, 6.07) is 10.5. The van der Waals surface area contributed by atoms with E-state index < -0.39 is 0 Å². The largest absolute Gasteiger partial charge is 0.381 e. The van der Waals surface area contributed by atoms with Gasteiger partial charge in [0.1, 0.15) is 6.07 Å². The van der Waals surface area contributed by atoms with Gasteiger partial charge in [-0.05, 0) is 36.8 Å². The van der Waals surface area contributed by atoms with Gasteiger partial charge in [-0.15, -0.1) is 0 Å². The summed E-state index contributed by atoms with van der Waals surface area (Å²) in [5.74, 6) is 1.54. The van der Waals surface area contributed by atoms with Gasteiger partial charge < -0.3 is 5.32 Å². The summed E-state index contributed by atoms with van der Waals surface area (Å²) in [7, 11) is 0. The molecular formula is C15H20N2. The minimum Gasteiger partial charge on any atom is -0.381 e. The summed E-state index contributed by atoms with van der Waals surface area (Å²) in [5, 5.41) is 12.6. The Morgan fingerprint density at radius 3 is 2.76 bits per heavy atom. The van der Waals surface area contributed by atoms with Gasteiger partial charge in [-0.3, -0.25) is 0 Å². The normalized spacial score (nSPS) is 27.7. The van der Waals surface area contributed by atoms with Crippen molar-refractivity contribution in [2.45, 2.75) is 39.2 Å². The highest BCUT2D eigenvalue weighted by molar-refractivity contribution is 5.57. The standard InChI is InChI=1S/C15H20N2/c1-3-12-8-9-14(11(12)2)17-15-7-5-4-6-13(15)10-16/h4-7,11-12,14,17H,3,8-9H2,1-2H3. The zero-order chi connectivity index (χ0) is 12.3. The maximum absolute atomic E-state index is 9.07. The molecule has 2 nitrogen and oxygen atoms in total. The Kier molecular flexibility index (Phi) is 3.68. The van der Waals surface area contributed by atoms with Crippen LogP contribution in [0.15, 0.2) is 24.3 Å². The van der Waals surface area contributed by atoms with Crippen molar-refractivity contribution >= 4 is 5.69 Å². The van der Waals surface area contributed by atoms with E-state index >= 15 is 0 Å². The lowest BCUT2D eigenvalue weighted by molar-refractivity contribution is 0.392. The molecule has 1 aromatic rings. The maximum atomic E-state index is 9.07. The molecule has 90 valence electrons. The molecule has 2 heteroatoms. The number of nitrogens with one attached hydrogen (secondary N) is 1. The van der Waals surface area contributed by atoms with Crippen molar-refractivity contribution < 1.29 is 0 Å². The lowest BCUT2D eigenvalue weighted by Crippen LogP contribution is -2.25. The van der Waals surface area contributed by atoms with Crippen LogP contribution in [-0.2, 0) is 0 Å². The van der Waals surface area contributed by atoms with Gasteiger partial charge in [0, 0.05) is 6.04 Å².